The molecule has 0 aliphatic carbocycles. The summed E-state index contributed by atoms with van der Waals surface area (Å²) in [5, 5.41) is 0. The van der Waals surface area contributed by atoms with Crippen LogP contribution in [0.4, 0.5) is 70.2 Å². The molecule has 0 aromatic heterocycles. The van der Waals surface area contributed by atoms with Crippen LogP contribution in [-0.4, -0.2) is 60.6 Å². The zero-order valence-corrected chi connectivity index (χ0v) is 12.5. The number of alkyl halides is 16. The molecule has 0 bridgehead atoms. The highest BCUT2D eigenvalue weighted by molar-refractivity contribution is 5.14. The Balaban J connectivity index is 3.48. The third kappa shape index (κ3) is 3.16. The second-order valence-electron chi connectivity index (χ2n) is 5.66. The summed E-state index contributed by atoms with van der Waals surface area (Å²) in [6.45, 7) is -0.748. The highest BCUT2D eigenvalue weighted by Gasteiger charge is 2.93. The molecular weight excluding hydrogens is 452 g/mol. The molecule has 1 nitrogen and oxygen atoms in total. The number of ether oxygens (including phenoxy) is 1. The zero-order chi connectivity index (χ0) is 22.8. The SMILES string of the molecule is FC(F)C(F)(F)C(F)(F)C(F)(F)C(F)(F)C(F)(F)C(F)(F)C(F)(F)CC1CO1. The van der Waals surface area contributed by atoms with E-state index in [0.717, 1.165) is 0 Å². The standard InChI is InChI=1S/C11H6F16O/c12-4(13)6(16,17)8(20,21)10(24,25)11(26,27)9(22,23)7(18,19)5(14,15)1-3-2-28-3/h3-4H,1-2H2. The van der Waals surface area contributed by atoms with Gasteiger partial charge in [-0.2, -0.15) is 61.5 Å². The molecule has 1 unspecified atom stereocenters. The van der Waals surface area contributed by atoms with Crippen molar-refractivity contribution in [1.82, 2.24) is 0 Å². The lowest BCUT2D eigenvalue weighted by Gasteiger charge is -2.42. The Morgan fingerprint density at radius 3 is 1.25 bits per heavy atom. The minimum Gasteiger partial charge on any atom is -0.373 e. The van der Waals surface area contributed by atoms with Gasteiger partial charge < -0.3 is 4.74 Å². The quantitative estimate of drug-likeness (QED) is 0.329. The van der Waals surface area contributed by atoms with Crippen molar-refractivity contribution in [1.29, 1.82) is 0 Å². The fourth-order valence-corrected chi connectivity index (χ4v) is 1.77. The number of hydrogen-bond acceptors (Lipinski definition) is 1. The Hall–Kier alpha value is -1.16. The molecule has 1 aliphatic rings. The van der Waals surface area contributed by atoms with Crippen LogP contribution in [0.2, 0.25) is 0 Å². The summed E-state index contributed by atoms with van der Waals surface area (Å²) in [6.07, 6.45) is -10.2. The maximum Gasteiger partial charge on any atom is 0.384 e. The number of halogens is 16. The van der Waals surface area contributed by atoms with Gasteiger partial charge in [-0.25, -0.2) is 8.78 Å². The highest BCUT2D eigenvalue weighted by Crippen LogP contribution is 2.63. The van der Waals surface area contributed by atoms with Gasteiger partial charge in [-0.3, -0.25) is 0 Å². The molecule has 0 amide bonds. The van der Waals surface area contributed by atoms with Gasteiger partial charge >= 0.3 is 47.9 Å². The molecular formula is C11H6F16O. The Morgan fingerprint density at radius 1 is 0.607 bits per heavy atom. The summed E-state index contributed by atoms with van der Waals surface area (Å²) >= 11 is 0. The third-order valence-electron chi connectivity index (χ3n) is 3.62. The largest absolute Gasteiger partial charge is 0.384 e. The van der Waals surface area contributed by atoms with Gasteiger partial charge in [0, 0.05) is 6.42 Å². The molecule has 1 atom stereocenters. The van der Waals surface area contributed by atoms with E-state index in [4.69, 9.17) is 0 Å². The van der Waals surface area contributed by atoms with Crippen LogP contribution >= 0.6 is 0 Å². The van der Waals surface area contributed by atoms with Crippen molar-refractivity contribution in [2.24, 2.45) is 0 Å². The van der Waals surface area contributed by atoms with Crippen LogP contribution in [0.3, 0.4) is 0 Å². The van der Waals surface area contributed by atoms with Crippen LogP contribution in [0.1, 0.15) is 6.42 Å². The van der Waals surface area contributed by atoms with Crippen molar-refractivity contribution in [2.75, 3.05) is 6.61 Å². The Bertz CT molecular complexity index is 577. The summed E-state index contributed by atoms with van der Waals surface area (Å²) < 4.78 is 211. The Kier molecular flexibility index (Phi) is 5.70. The first-order valence-corrected chi connectivity index (χ1v) is 6.57. The van der Waals surface area contributed by atoms with Gasteiger partial charge in [0.15, 0.2) is 0 Å². The van der Waals surface area contributed by atoms with E-state index in [-0.39, 0.29) is 0 Å². The van der Waals surface area contributed by atoms with Crippen molar-refractivity contribution < 1.29 is 75.0 Å². The lowest BCUT2D eigenvalue weighted by Crippen LogP contribution is -2.73. The maximum absolute atomic E-state index is 13.3. The van der Waals surface area contributed by atoms with Gasteiger partial charge in [-0.05, 0) is 0 Å². The third-order valence-corrected chi connectivity index (χ3v) is 3.62. The molecule has 1 saturated heterocycles. The summed E-state index contributed by atoms with van der Waals surface area (Å²) in [7, 11) is 0. The zero-order valence-electron chi connectivity index (χ0n) is 12.5. The topological polar surface area (TPSA) is 12.5 Å². The maximum atomic E-state index is 13.3. The molecule has 1 fully saturated rings. The smallest absolute Gasteiger partial charge is 0.373 e. The van der Waals surface area contributed by atoms with Gasteiger partial charge in [-0.15, -0.1) is 0 Å². The lowest BCUT2D eigenvalue weighted by molar-refractivity contribution is -0.447. The van der Waals surface area contributed by atoms with Gasteiger partial charge in [0.1, 0.15) is 0 Å². The van der Waals surface area contributed by atoms with Gasteiger partial charge in [0.2, 0.25) is 0 Å². The number of epoxide rings is 1. The fourth-order valence-electron chi connectivity index (χ4n) is 1.77. The molecule has 1 rings (SSSR count). The first-order valence-electron chi connectivity index (χ1n) is 6.57. The molecule has 168 valence electrons. The summed E-state index contributed by atoms with van der Waals surface area (Å²) in [5.74, 6) is -54.0. The normalized spacial score (nSPS) is 20.7. The van der Waals surface area contributed by atoms with E-state index in [2.05, 4.69) is 4.74 Å². The Morgan fingerprint density at radius 2 is 0.929 bits per heavy atom. The average molecular weight is 458 g/mol. The summed E-state index contributed by atoms with van der Waals surface area (Å²) in [5.41, 5.74) is 0. The first-order chi connectivity index (χ1) is 12.0. The van der Waals surface area contributed by atoms with Crippen molar-refractivity contribution in [3.8, 4) is 0 Å². The van der Waals surface area contributed by atoms with Crippen molar-refractivity contribution in [2.45, 2.75) is 60.4 Å². The molecule has 0 aromatic rings. The average Bonchev–Trinajstić information content (AvgIpc) is 3.28. The van der Waals surface area contributed by atoms with E-state index < -0.39 is 67.0 Å². The molecule has 0 N–H and O–H groups in total. The molecule has 0 aromatic carbocycles. The molecule has 1 aliphatic heterocycles. The minimum absolute atomic E-state index is 0.748. The molecule has 0 spiro atoms. The van der Waals surface area contributed by atoms with E-state index in [0.29, 0.717) is 0 Å². The van der Waals surface area contributed by atoms with E-state index in [1.165, 1.54) is 0 Å². The van der Waals surface area contributed by atoms with Crippen LogP contribution < -0.4 is 0 Å². The first kappa shape index (κ1) is 24.9. The van der Waals surface area contributed by atoms with Gasteiger partial charge in [0.25, 0.3) is 0 Å². The van der Waals surface area contributed by atoms with Crippen LogP contribution in [-0.2, 0) is 4.74 Å². The summed E-state index contributed by atoms with van der Waals surface area (Å²) in [6, 6.07) is 0. The second kappa shape index (κ2) is 6.42. The van der Waals surface area contributed by atoms with Crippen molar-refractivity contribution in [3.63, 3.8) is 0 Å². The highest BCUT2D eigenvalue weighted by atomic mass is 19.4. The van der Waals surface area contributed by atoms with Crippen LogP contribution in [0.25, 0.3) is 0 Å². The van der Waals surface area contributed by atoms with Gasteiger partial charge in [-0.1, -0.05) is 0 Å². The van der Waals surface area contributed by atoms with Crippen LogP contribution in [0.15, 0.2) is 0 Å². The van der Waals surface area contributed by atoms with E-state index in [1.54, 1.807) is 0 Å². The molecule has 28 heavy (non-hydrogen) atoms. The molecule has 0 saturated carbocycles. The van der Waals surface area contributed by atoms with E-state index >= 15 is 0 Å². The van der Waals surface area contributed by atoms with E-state index in [1.807, 2.05) is 0 Å². The molecule has 0 radical (unpaired) electrons. The van der Waals surface area contributed by atoms with E-state index in [9.17, 15) is 70.2 Å². The monoisotopic (exact) mass is 458 g/mol. The lowest BCUT2D eigenvalue weighted by atomic mass is 9.88. The van der Waals surface area contributed by atoms with Gasteiger partial charge in [0.05, 0.1) is 12.7 Å². The molecule has 17 heteroatoms. The Labute approximate surface area is 143 Å². The summed E-state index contributed by atoms with van der Waals surface area (Å²) in [4.78, 5) is 0. The predicted octanol–water partition coefficient (Wildman–Crippen LogP) is 5.49. The second-order valence-corrected chi connectivity index (χ2v) is 5.66. The minimum atomic E-state index is -8.33. The molecule has 1 heterocycles. The fraction of sp³-hybridized carbons (Fsp3) is 1.00. The number of rotatable bonds is 9. The van der Waals surface area contributed by atoms with Crippen molar-refractivity contribution >= 4 is 0 Å². The van der Waals surface area contributed by atoms with Crippen LogP contribution in [0, 0.1) is 0 Å². The predicted molar refractivity (Wildman–Crippen MR) is 55.0 cm³/mol. The number of hydrogen-bond donors (Lipinski definition) is 0. The van der Waals surface area contributed by atoms with Crippen LogP contribution in [0.5, 0.6) is 0 Å². The van der Waals surface area contributed by atoms with Crippen molar-refractivity contribution in [3.05, 3.63) is 0 Å².